The third kappa shape index (κ3) is 3.20. The van der Waals surface area contributed by atoms with Gasteiger partial charge in [0.2, 0.25) is 0 Å². The molecule has 1 amide bonds. The molecule has 2 aromatic heterocycles. The predicted octanol–water partition coefficient (Wildman–Crippen LogP) is 4.43. The fourth-order valence-electron chi connectivity index (χ4n) is 3.37. The van der Waals surface area contributed by atoms with Crippen LogP contribution in [0.4, 0.5) is 5.69 Å². The lowest BCUT2D eigenvalue weighted by atomic mass is 10.1. The SMILES string of the molecule is O=Nc1ccc(CNC(=O)c2ccc3nc(-c4n[nH]c5ccccc45)[nH]c3c2)cc1. The Balaban J connectivity index is 1.38. The van der Waals surface area contributed by atoms with E-state index in [1.165, 1.54) is 0 Å². The number of para-hydroxylation sites is 1. The van der Waals surface area contributed by atoms with E-state index in [1.807, 2.05) is 30.3 Å². The van der Waals surface area contributed by atoms with Gasteiger partial charge in [-0.05, 0) is 47.1 Å². The lowest BCUT2D eigenvalue weighted by molar-refractivity contribution is 0.0951. The van der Waals surface area contributed by atoms with Crippen molar-refractivity contribution in [1.29, 1.82) is 0 Å². The van der Waals surface area contributed by atoms with Gasteiger partial charge in [-0.25, -0.2) is 4.98 Å². The first-order chi connectivity index (χ1) is 14.7. The molecular weight excluding hydrogens is 380 g/mol. The normalized spacial score (nSPS) is 11.1. The number of amides is 1. The first kappa shape index (κ1) is 17.7. The highest BCUT2D eigenvalue weighted by Crippen LogP contribution is 2.26. The highest BCUT2D eigenvalue weighted by Gasteiger charge is 2.14. The van der Waals surface area contributed by atoms with Crippen molar-refractivity contribution in [3.05, 3.63) is 82.8 Å². The summed E-state index contributed by atoms with van der Waals surface area (Å²) >= 11 is 0. The lowest BCUT2D eigenvalue weighted by Crippen LogP contribution is -2.22. The number of nitrogens with zero attached hydrogens (tertiary/aromatic N) is 3. The zero-order chi connectivity index (χ0) is 20.5. The molecule has 0 radical (unpaired) electrons. The summed E-state index contributed by atoms with van der Waals surface area (Å²) in [4.78, 5) is 30.9. The van der Waals surface area contributed by atoms with Crippen molar-refractivity contribution in [2.24, 2.45) is 5.18 Å². The predicted molar refractivity (Wildman–Crippen MR) is 114 cm³/mol. The van der Waals surface area contributed by atoms with E-state index in [1.54, 1.807) is 36.4 Å². The van der Waals surface area contributed by atoms with Gasteiger partial charge in [-0.3, -0.25) is 9.89 Å². The molecule has 0 aliphatic carbocycles. The van der Waals surface area contributed by atoms with Crippen LogP contribution in [0.5, 0.6) is 0 Å². The maximum absolute atomic E-state index is 12.6. The molecule has 0 saturated heterocycles. The van der Waals surface area contributed by atoms with Crippen LogP contribution in [0.25, 0.3) is 33.5 Å². The Morgan fingerprint density at radius 1 is 1.00 bits per heavy atom. The summed E-state index contributed by atoms with van der Waals surface area (Å²) < 4.78 is 0. The van der Waals surface area contributed by atoms with Crippen LogP contribution in [0.2, 0.25) is 0 Å². The summed E-state index contributed by atoms with van der Waals surface area (Å²) in [7, 11) is 0. The maximum Gasteiger partial charge on any atom is 0.251 e. The molecule has 0 fully saturated rings. The van der Waals surface area contributed by atoms with Gasteiger partial charge in [0.05, 0.1) is 16.6 Å². The summed E-state index contributed by atoms with van der Waals surface area (Å²) in [6.07, 6.45) is 0. The van der Waals surface area contributed by atoms with E-state index in [4.69, 9.17) is 0 Å². The number of carbonyl (C=O) groups excluding carboxylic acids is 1. The summed E-state index contributed by atoms with van der Waals surface area (Å²) in [5, 5.41) is 14.1. The van der Waals surface area contributed by atoms with E-state index in [-0.39, 0.29) is 5.91 Å². The monoisotopic (exact) mass is 396 g/mol. The van der Waals surface area contributed by atoms with Crippen LogP contribution in [0, 0.1) is 4.91 Å². The van der Waals surface area contributed by atoms with Gasteiger partial charge >= 0.3 is 0 Å². The molecule has 8 nitrogen and oxygen atoms in total. The molecule has 0 aliphatic heterocycles. The van der Waals surface area contributed by atoms with Crippen molar-refractivity contribution in [1.82, 2.24) is 25.5 Å². The number of carbonyl (C=O) groups is 1. The fourth-order valence-corrected chi connectivity index (χ4v) is 3.37. The van der Waals surface area contributed by atoms with Crippen LogP contribution in [0.3, 0.4) is 0 Å². The smallest absolute Gasteiger partial charge is 0.251 e. The third-order valence-electron chi connectivity index (χ3n) is 4.93. The second-order valence-corrected chi connectivity index (χ2v) is 6.88. The quantitative estimate of drug-likeness (QED) is 0.381. The van der Waals surface area contributed by atoms with E-state index in [2.05, 4.69) is 30.7 Å². The van der Waals surface area contributed by atoms with Gasteiger partial charge in [0, 0.05) is 17.5 Å². The molecule has 5 rings (SSSR count). The summed E-state index contributed by atoms with van der Waals surface area (Å²) in [6, 6.07) is 19.9. The molecule has 30 heavy (non-hydrogen) atoms. The fraction of sp³-hybridized carbons (Fsp3) is 0.0455. The van der Waals surface area contributed by atoms with E-state index >= 15 is 0 Å². The largest absolute Gasteiger partial charge is 0.348 e. The van der Waals surface area contributed by atoms with Gasteiger partial charge in [0.1, 0.15) is 11.4 Å². The van der Waals surface area contributed by atoms with Gasteiger partial charge in [-0.1, -0.05) is 30.3 Å². The van der Waals surface area contributed by atoms with E-state index in [0.29, 0.717) is 23.6 Å². The van der Waals surface area contributed by atoms with Crippen molar-refractivity contribution in [3.8, 4) is 11.5 Å². The number of nitrogens with one attached hydrogen (secondary N) is 3. The van der Waals surface area contributed by atoms with Gasteiger partial charge in [-0.15, -0.1) is 4.91 Å². The number of aromatic nitrogens is 4. The number of imidazole rings is 1. The number of benzene rings is 3. The minimum Gasteiger partial charge on any atom is -0.348 e. The van der Waals surface area contributed by atoms with Crippen LogP contribution in [-0.2, 0) is 6.54 Å². The number of fused-ring (bicyclic) bond motifs is 2. The van der Waals surface area contributed by atoms with Crippen LogP contribution in [-0.4, -0.2) is 26.1 Å². The molecule has 2 heterocycles. The average Bonchev–Trinajstić information content (AvgIpc) is 3.41. The van der Waals surface area contributed by atoms with Gasteiger partial charge in [0.25, 0.3) is 5.91 Å². The van der Waals surface area contributed by atoms with Gasteiger partial charge in [-0.2, -0.15) is 5.10 Å². The Bertz CT molecular complexity index is 1380. The Morgan fingerprint density at radius 3 is 2.67 bits per heavy atom. The maximum atomic E-state index is 12.6. The molecule has 0 aliphatic rings. The molecule has 8 heteroatoms. The first-order valence-corrected chi connectivity index (χ1v) is 9.35. The summed E-state index contributed by atoms with van der Waals surface area (Å²) in [5.41, 5.74) is 4.94. The topological polar surface area (TPSA) is 116 Å². The number of rotatable bonds is 5. The molecule has 146 valence electrons. The minimum absolute atomic E-state index is 0.198. The molecule has 0 unspecified atom stereocenters. The second kappa shape index (κ2) is 7.25. The first-order valence-electron chi connectivity index (χ1n) is 9.35. The molecule has 5 aromatic rings. The van der Waals surface area contributed by atoms with Crippen LogP contribution < -0.4 is 5.32 Å². The van der Waals surface area contributed by atoms with E-state index in [9.17, 15) is 9.70 Å². The number of hydrogen-bond donors (Lipinski definition) is 3. The zero-order valence-corrected chi connectivity index (χ0v) is 15.7. The van der Waals surface area contributed by atoms with Crippen LogP contribution >= 0.6 is 0 Å². The minimum atomic E-state index is -0.198. The van der Waals surface area contributed by atoms with E-state index < -0.39 is 0 Å². The number of nitroso groups, excluding NO2 is 1. The van der Waals surface area contributed by atoms with Crippen molar-refractivity contribution in [2.45, 2.75) is 6.54 Å². The third-order valence-corrected chi connectivity index (χ3v) is 4.93. The average molecular weight is 396 g/mol. The molecular formula is C22H16N6O2. The Morgan fingerprint density at radius 2 is 1.83 bits per heavy atom. The highest BCUT2D eigenvalue weighted by molar-refractivity contribution is 5.98. The molecule has 0 atom stereocenters. The molecule has 0 bridgehead atoms. The molecule has 3 N–H and O–H groups in total. The summed E-state index contributed by atoms with van der Waals surface area (Å²) in [6.45, 7) is 0.351. The van der Waals surface area contributed by atoms with Crippen molar-refractivity contribution < 1.29 is 4.79 Å². The van der Waals surface area contributed by atoms with Crippen molar-refractivity contribution in [3.63, 3.8) is 0 Å². The number of aromatic amines is 2. The van der Waals surface area contributed by atoms with Crippen LogP contribution in [0.1, 0.15) is 15.9 Å². The zero-order valence-electron chi connectivity index (χ0n) is 15.7. The van der Waals surface area contributed by atoms with E-state index in [0.717, 1.165) is 33.2 Å². The number of H-pyrrole nitrogens is 2. The van der Waals surface area contributed by atoms with Crippen LogP contribution in [0.15, 0.2) is 71.9 Å². The standard InChI is InChI=1S/C22H16N6O2/c29-22(23-12-13-5-8-15(28-30)9-6-13)14-7-10-18-19(11-14)25-21(24-18)20-16-3-1-2-4-17(16)26-27-20/h1-11H,12H2,(H,23,29)(H,24,25)(H,26,27). The van der Waals surface area contributed by atoms with Crippen molar-refractivity contribution >= 4 is 33.5 Å². The highest BCUT2D eigenvalue weighted by atomic mass is 16.3. The van der Waals surface area contributed by atoms with Gasteiger partial charge in [0.15, 0.2) is 5.82 Å². The Hall–Kier alpha value is -4.33. The Labute approximate surface area is 170 Å². The summed E-state index contributed by atoms with van der Waals surface area (Å²) in [5.74, 6) is 0.444. The lowest BCUT2D eigenvalue weighted by Gasteiger charge is -2.05. The van der Waals surface area contributed by atoms with Crippen molar-refractivity contribution in [2.75, 3.05) is 0 Å². The molecule has 0 spiro atoms. The number of hydrogen-bond acceptors (Lipinski definition) is 5. The van der Waals surface area contributed by atoms with Gasteiger partial charge < -0.3 is 10.3 Å². The second-order valence-electron chi connectivity index (χ2n) is 6.88. The Kier molecular flexibility index (Phi) is 4.29. The molecule has 3 aromatic carbocycles. The molecule has 0 saturated carbocycles.